The van der Waals surface area contributed by atoms with Gasteiger partial charge in [0, 0.05) is 5.92 Å². The molecule has 1 fully saturated rings. The lowest BCUT2D eigenvalue weighted by atomic mass is 9.80. The Morgan fingerprint density at radius 3 is 2.40 bits per heavy atom. The van der Waals surface area contributed by atoms with Gasteiger partial charge in [-0.15, -0.1) is 0 Å². The van der Waals surface area contributed by atoms with E-state index in [-0.39, 0.29) is 29.7 Å². The lowest BCUT2D eigenvalue weighted by Gasteiger charge is -2.31. The smallest absolute Gasteiger partial charge is 0.391 e. The van der Waals surface area contributed by atoms with E-state index in [9.17, 15) is 18.0 Å². The van der Waals surface area contributed by atoms with E-state index in [1.54, 1.807) is 0 Å². The maximum atomic E-state index is 12.7. The Morgan fingerprint density at radius 1 is 1.35 bits per heavy atom. The molecular formula is C13H21F3N2OS. The Hall–Kier alpha value is -0.850. The molecule has 0 heterocycles. The second-order valence-electron chi connectivity index (χ2n) is 5.73. The predicted molar refractivity (Wildman–Crippen MR) is 75.1 cm³/mol. The van der Waals surface area contributed by atoms with Crippen LogP contribution in [0.2, 0.25) is 0 Å². The molecule has 20 heavy (non-hydrogen) atoms. The quantitative estimate of drug-likeness (QED) is 0.785. The third kappa shape index (κ3) is 4.61. The number of hydrogen-bond acceptors (Lipinski definition) is 2. The van der Waals surface area contributed by atoms with E-state index in [1.165, 1.54) is 0 Å². The zero-order valence-corrected chi connectivity index (χ0v) is 12.5. The van der Waals surface area contributed by atoms with Crippen molar-refractivity contribution < 1.29 is 18.0 Å². The van der Waals surface area contributed by atoms with Gasteiger partial charge in [-0.1, -0.05) is 32.5 Å². The zero-order valence-electron chi connectivity index (χ0n) is 11.7. The fourth-order valence-electron chi connectivity index (χ4n) is 2.56. The summed E-state index contributed by atoms with van der Waals surface area (Å²) in [6.07, 6.45) is -3.35. The van der Waals surface area contributed by atoms with Crippen LogP contribution in [-0.2, 0) is 4.79 Å². The molecule has 0 aliphatic heterocycles. The van der Waals surface area contributed by atoms with E-state index < -0.39 is 24.1 Å². The number of hydrogen-bond donors (Lipinski definition) is 2. The Kier molecular flexibility index (Phi) is 5.79. The Labute approximate surface area is 122 Å². The molecular weight excluding hydrogens is 289 g/mol. The fourth-order valence-corrected chi connectivity index (χ4v) is 2.89. The minimum Gasteiger partial charge on any atom is -0.392 e. The van der Waals surface area contributed by atoms with Crippen LogP contribution in [0, 0.1) is 17.8 Å². The van der Waals surface area contributed by atoms with Crippen molar-refractivity contribution in [1.82, 2.24) is 5.32 Å². The lowest BCUT2D eigenvalue weighted by molar-refractivity contribution is -0.186. The van der Waals surface area contributed by atoms with Crippen molar-refractivity contribution in [2.24, 2.45) is 23.5 Å². The van der Waals surface area contributed by atoms with E-state index in [0.29, 0.717) is 12.8 Å². The van der Waals surface area contributed by atoms with Crippen LogP contribution in [0.1, 0.15) is 39.5 Å². The van der Waals surface area contributed by atoms with Crippen LogP contribution in [0.5, 0.6) is 0 Å². The molecule has 1 amide bonds. The molecule has 0 aromatic heterocycles. The Balaban J connectivity index is 2.65. The van der Waals surface area contributed by atoms with E-state index in [1.807, 2.05) is 13.8 Å². The van der Waals surface area contributed by atoms with Crippen molar-refractivity contribution in [3.63, 3.8) is 0 Å². The van der Waals surface area contributed by atoms with Gasteiger partial charge in [-0.2, -0.15) is 13.2 Å². The van der Waals surface area contributed by atoms with Gasteiger partial charge in [-0.05, 0) is 25.2 Å². The third-order valence-electron chi connectivity index (χ3n) is 3.78. The van der Waals surface area contributed by atoms with Gasteiger partial charge in [0.15, 0.2) is 0 Å². The summed E-state index contributed by atoms with van der Waals surface area (Å²) in [6.45, 7) is 3.70. The van der Waals surface area contributed by atoms with Crippen LogP contribution in [0.3, 0.4) is 0 Å². The molecule has 0 saturated heterocycles. The predicted octanol–water partition coefficient (Wildman–Crippen LogP) is 2.78. The maximum Gasteiger partial charge on any atom is 0.391 e. The number of carbonyl (C=O) groups excluding carboxylic acids is 1. The number of rotatable bonds is 4. The molecule has 3 unspecified atom stereocenters. The highest BCUT2D eigenvalue weighted by Gasteiger charge is 2.43. The number of alkyl halides is 3. The summed E-state index contributed by atoms with van der Waals surface area (Å²) in [6, 6.07) is -0.469. The normalized spacial score (nSPS) is 25.3. The van der Waals surface area contributed by atoms with E-state index in [0.717, 1.165) is 0 Å². The largest absolute Gasteiger partial charge is 0.392 e. The van der Waals surface area contributed by atoms with Crippen molar-refractivity contribution in [2.45, 2.75) is 51.7 Å². The van der Waals surface area contributed by atoms with Crippen molar-refractivity contribution in [1.29, 1.82) is 0 Å². The second-order valence-corrected chi connectivity index (χ2v) is 6.21. The number of amides is 1. The third-order valence-corrected chi connectivity index (χ3v) is 4.03. The average molecular weight is 310 g/mol. The van der Waals surface area contributed by atoms with Gasteiger partial charge in [0.2, 0.25) is 5.91 Å². The molecule has 0 bridgehead atoms. The van der Waals surface area contributed by atoms with E-state index in [2.05, 4.69) is 5.32 Å². The van der Waals surface area contributed by atoms with Crippen LogP contribution in [0.15, 0.2) is 0 Å². The average Bonchev–Trinajstić information content (AvgIpc) is 2.34. The van der Waals surface area contributed by atoms with Gasteiger partial charge < -0.3 is 11.1 Å². The van der Waals surface area contributed by atoms with Gasteiger partial charge in [-0.3, -0.25) is 4.79 Å². The topological polar surface area (TPSA) is 55.1 Å². The Morgan fingerprint density at radius 2 is 1.95 bits per heavy atom. The first-order valence-corrected chi connectivity index (χ1v) is 7.20. The molecule has 1 rings (SSSR count). The summed E-state index contributed by atoms with van der Waals surface area (Å²) in [5, 5.41) is 2.69. The van der Waals surface area contributed by atoms with E-state index in [4.69, 9.17) is 18.0 Å². The number of thiocarbonyl (C=S) groups is 1. The summed E-state index contributed by atoms with van der Waals surface area (Å²) < 4.78 is 38.2. The number of halogens is 3. The molecule has 7 heteroatoms. The summed E-state index contributed by atoms with van der Waals surface area (Å²) in [4.78, 5) is 12.3. The standard InChI is InChI=1S/C13H21F3N2OS/c1-7(2)10(11(17)20)18-12(19)8-4-3-5-9(6-8)13(14,15)16/h7-10H,3-6H2,1-2H3,(H2,17,20)(H,18,19). The van der Waals surface area contributed by atoms with Crippen LogP contribution in [0.25, 0.3) is 0 Å². The molecule has 1 saturated carbocycles. The van der Waals surface area contributed by atoms with Crippen LogP contribution in [-0.4, -0.2) is 23.1 Å². The van der Waals surface area contributed by atoms with Crippen molar-refractivity contribution in [3.05, 3.63) is 0 Å². The van der Waals surface area contributed by atoms with Crippen molar-refractivity contribution in [3.8, 4) is 0 Å². The highest BCUT2D eigenvalue weighted by molar-refractivity contribution is 7.80. The Bertz CT molecular complexity index is 371. The van der Waals surface area contributed by atoms with Crippen LogP contribution < -0.4 is 11.1 Å². The van der Waals surface area contributed by atoms with Crippen molar-refractivity contribution in [2.75, 3.05) is 0 Å². The van der Waals surface area contributed by atoms with Crippen LogP contribution in [0.4, 0.5) is 13.2 Å². The molecule has 0 radical (unpaired) electrons. The molecule has 116 valence electrons. The minimum absolute atomic E-state index is 0.0125. The van der Waals surface area contributed by atoms with E-state index >= 15 is 0 Å². The van der Waals surface area contributed by atoms with Crippen molar-refractivity contribution >= 4 is 23.1 Å². The molecule has 3 atom stereocenters. The first kappa shape index (κ1) is 17.2. The molecule has 0 spiro atoms. The van der Waals surface area contributed by atoms with Gasteiger partial charge in [0.05, 0.1) is 16.9 Å². The molecule has 3 N–H and O–H groups in total. The van der Waals surface area contributed by atoms with Gasteiger partial charge in [0.25, 0.3) is 0 Å². The highest BCUT2D eigenvalue weighted by atomic mass is 32.1. The molecule has 0 aromatic carbocycles. The molecule has 3 nitrogen and oxygen atoms in total. The number of nitrogens with two attached hydrogens (primary N) is 1. The van der Waals surface area contributed by atoms with Crippen LogP contribution >= 0.6 is 12.2 Å². The summed E-state index contributed by atoms with van der Waals surface area (Å²) in [7, 11) is 0. The zero-order chi connectivity index (χ0) is 15.5. The first-order chi connectivity index (χ1) is 9.12. The van der Waals surface area contributed by atoms with Gasteiger partial charge in [0.1, 0.15) is 0 Å². The number of nitrogens with one attached hydrogen (secondary N) is 1. The second kappa shape index (κ2) is 6.74. The minimum atomic E-state index is -4.22. The first-order valence-electron chi connectivity index (χ1n) is 6.79. The summed E-state index contributed by atoms with van der Waals surface area (Å²) in [5.41, 5.74) is 5.55. The monoisotopic (exact) mass is 310 g/mol. The van der Waals surface area contributed by atoms with Gasteiger partial charge >= 0.3 is 6.18 Å². The highest BCUT2D eigenvalue weighted by Crippen LogP contribution is 2.39. The molecule has 0 aromatic rings. The summed E-state index contributed by atoms with van der Waals surface area (Å²) >= 11 is 4.88. The lowest BCUT2D eigenvalue weighted by Crippen LogP contribution is -2.49. The molecule has 1 aliphatic rings. The fraction of sp³-hybridized carbons (Fsp3) is 0.846. The van der Waals surface area contributed by atoms with Gasteiger partial charge in [-0.25, -0.2) is 0 Å². The molecule has 1 aliphatic carbocycles. The SMILES string of the molecule is CC(C)C(NC(=O)C1CCCC(C(F)(F)F)C1)C(N)=S. The maximum absolute atomic E-state index is 12.7. The summed E-state index contributed by atoms with van der Waals surface area (Å²) in [5.74, 6) is -2.34. The number of carbonyl (C=O) groups is 1.